The third kappa shape index (κ3) is 4.64. The summed E-state index contributed by atoms with van der Waals surface area (Å²) in [5.74, 6) is -6.58. The molecule has 31 heavy (non-hydrogen) atoms. The fourth-order valence-electron chi connectivity index (χ4n) is 3.14. The summed E-state index contributed by atoms with van der Waals surface area (Å²) in [5, 5.41) is 21.0. The van der Waals surface area contributed by atoms with Crippen molar-refractivity contribution in [1.82, 2.24) is 0 Å². The van der Waals surface area contributed by atoms with Gasteiger partial charge in [-0.05, 0) is 36.1 Å². The second-order valence-electron chi connectivity index (χ2n) is 6.96. The van der Waals surface area contributed by atoms with Crippen molar-refractivity contribution in [3.63, 3.8) is 0 Å². The predicted molar refractivity (Wildman–Crippen MR) is 106 cm³/mol. The highest BCUT2D eigenvalue weighted by Crippen LogP contribution is 2.36. The Balaban J connectivity index is 1.91. The highest BCUT2D eigenvalue weighted by atomic mass is 19.2. The second-order valence-corrected chi connectivity index (χ2v) is 6.96. The van der Waals surface area contributed by atoms with E-state index in [2.05, 4.69) is 6.92 Å². The lowest BCUT2D eigenvalue weighted by Crippen LogP contribution is -2.06. The number of ether oxygens (including phenoxy) is 1. The van der Waals surface area contributed by atoms with Crippen LogP contribution in [0.2, 0.25) is 0 Å². The zero-order valence-electron chi connectivity index (χ0n) is 16.6. The van der Waals surface area contributed by atoms with Gasteiger partial charge in [0, 0.05) is 6.07 Å². The predicted octanol–water partition coefficient (Wildman–Crippen LogP) is 6.85. The summed E-state index contributed by atoms with van der Waals surface area (Å²) >= 11 is 0. The highest BCUT2D eigenvalue weighted by molar-refractivity contribution is 5.72. The van der Waals surface area contributed by atoms with Crippen LogP contribution in [0.25, 0.3) is 11.1 Å². The Hall–Kier alpha value is -3.53. The lowest BCUT2D eigenvalue weighted by molar-refractivity contribution is 0.272. The molecule has 0 aromatic heterocycles. The normalized spacial score (nSPS) is 10.7. The number of nitrogens with zero attached hydrogens (tertiary/aromatic N) is 1. The van der Waals surface area contributed by atoms with E-state index in [0.717, 1.165) is 37.0 Å². The number of hydrogen-bond acceptors (Lipinski definition) is 2. The first-order valence-electron chi connectivity index (χ1n) is 9.65. The van der Waals surface area contributed by atoms with E-state index in [4.69, 9.17) is 10.00 Å². The van der Waals surface area contributed by atoms with Gasteiger partial charge in [-0.3, -0.25) is 5.11 Å². The maximum absolute atomic E-state index is 15.1. The lowest BCUT2D eigenvalue weighted by Gasteiger charge is -2.13. The van der Waals surface area contributed by atoms with Crippen LogP contribution in [-0.2, 0) is 18.1 Å². The molecule has 3 aromatic rings. The smallest absolute Gasteiger partial charge is 0.202 e. The van der Waals surface area contributed by atoms with Gasteiger partial charge in [0.2, 0.25) is 5.82 Å². The zero-order chi connectivity index (χ0) is 22.5. The molecule has 3 aromatic carbocycles. The largest absolute Gasteiger partial charge is 0.485 e. The minimum Gasteiger partial charge on any atom is -0.485 e. The first-order chi connectivity index (χ1) is 14.9. The number of halogens is 4. The van der Waals surface area contributed by atoms with Gasteiger partial charge in [0.1, 0.15) is 24.3 Å². The van der Waals surface area contributed by atoms with Gasteiger partial charge in [0.05, 0.1) is 16.7 Å². The Bertz CT molecular complexity index is 1140. The SMILES string of the molecule is CCCCc1ccc(-c2c([O])cc(F)c(COc3ccc(C#N)c(F)c3F)c2F)cc1. The van der Waals surface area contributed by atoms with Crippen LogP contribution in [-0.4, -0.2) is 0 Å². The molecule has 159 valence electrons. The summed E-state index contributed by atoms with van der Waals surface area (Å²) in [4.78, 5) is 0. The summed E-state index contributed by atoms with van der Waals surface area (Å²) in [6.07, 6.45) is 2.86. The second kappa shape index (κ2) is 9.52. The topological polar surface area (TPSA) is 52.9 Å². The van der Waals surface area contributed by atoms with Gasteiger partial charge in [0.25, 0.3) is 0 Å². The molecule has 0 heterocycles. The monoisotopic (exact) mass is 428 g/mol. The standard InChI is InChI=1S/C24H18F4NO2/c1-2-3-4-14-5-7-15(8-6-14)21-19(30)11-18(25)17(23(21)27)13-31-20-10-9-16(12-29)22(26)24(20)28/h5-11H,2-4,13H2,1H3. The van der Waals surface area contributed by atoms with Gasteiger partial charge < -0.3 is 4.74 Å². The average Bonchev–Trinajstić information content (AvgIpc) is 2.75. The molecular weight excluding hydrogens is 410 g/mol. The fourth-order valence-corrected chi connectivity index (χ4v) is 3.14. The first kappa shape index (κ1) is 22.2. The van der Waals surface area contributed by atoms with E-state index >= 15 is 4.39 Å². The van der Waals surface area contributed by atoms with Crippen LogP contribution in [0.4, 0.5) is 17.6 Å². The summed E-state index contributed by atoms with van der Waals surface area (Å²) in [7, 11) is 0. The van der Waals surface area contributed by atoms with Gasteiger partial charge in [-0.25, -0.2) is 13.2 Å². The van der Waals surface area contributed by atoms with E-state index in [-0.39, 0.29) is 11.1 Å². The molecule has 0 amide bonds. The number of unbranched alkanes of at least 4 members (excludes halogenated alkanes) is 1. The van der Waals surface area contributed by atoms with Crippen LogP contribution in [0.15, 0.2) is 42.5 Å². The Morgan fingerprint density at radius 1 is 0.968 bits per heavy atom. The van der Waals surface area contributed by atoms with Gasteiger partial charge in [-0.15, -0.1) is 0 Å². The van der Waals surface area contributed by atoms with Crippen molar-refractivity contribution in [2.45, 2.75) is 32.8 Å². The molecule has 3 nitrogen and oxygen atoms in total. The Labute approximate surface area is 177 Å². The van der Waals surface area contributed by atoms with Crippen molar-refractivity contribution < 1.29 is 27.4 Å². The molecular formula is C24H18F4NO2. The van der Waals surface area contributed by atoms with Crippen LogP contribution in [0.3, 0.4) is 0 Å². The molecule has 3 rings (SSSR count). The average molecular weight is 428 g/mol. The molecule has 0 unspecified atom stereocenters. The fraction of sp³-hybridized carbons (Fsp3) is 0.208. The summed E-state index contributed by atoms with van der Waals surface area (Å²) in [5.41, 5.74) is -0.132. The van der Waals surface area contributed by atoms with E-state index in [1.807, 2.05) is 0 Å². The molecule has 0 aliphatic rings. The highest BCUT2D eigenvalue weighted by Gasteiger charge is 2.22. The molecule has 0 fully saturated rings. The van der Waals surface area contributed by atoms with Crippen molar-refractivity contribution in [2.75, 3.05) is 0 Å². The number of aryl methyl sites for hydroxylation is 1. The first-order valence-corrected chi connectivity index (χ1v) is 9.65. The third-order valence-corrected chi connectivity index (χ3v) is 4.88. The summed E-state index contributed by atoms with van der Waals surface area (Å²) < 4.78 is 62.1. The Kier molecular flexibility index (Phi) is 6.81. The summed E-state index contributed by atoms with van der Waals surface area (Å²) in [6.45, 7) is 1.29. The van der Waals surface area contributed by atoms with Crippen molar-refractivity contribution in [3.05, 3.63) is 82.4 Å². The van der Waals surface area contributed by atoms with E-state index in [9.17, 15) is 18.3 Å². The molecule has 7 heteroatoms. The number of nitriles is 1. The Morgan fingerprint density at radius 2 is 1.68 bits per heavy atom. The molecule has 0 saturated carbocycles. The molecule has 0 spiro atoms. The Morgan fingerprint density at radius 3 is 2.32 bits per heavy atom. The molecule has 0 saturated heterocycles. The molecule has 1 radical (unpaired) electrons. The minimum atomic E-state index is -1.44. The van der Waals surface area contributed by atoms with Gasteiger partial charge in [-0.1, -0.05) is 37.6 Å². The van der Waals surface area contributed by atoms with Crippen LogP contribution >= 0.6 is 0 Å². The number of benzene rings is 3. The minimum absolute atomic E-state index is 0.277. The van der Waals surface area contributed by atoms with E-state index < -0.39 is 52.5 Å². The zero-order valence-corrected chi connectivity index (χ0v) is 16.6. The van der Waals surface area contributed by atoms with Crippen LogP contribution in [0, 0.1) is 34.6 Å². The van der Waals surface area contributed by atoms with Crippen molar-refractivity contribution in [1.29, 1.82) is 5.26 Å². The van der Waals surface area contributed by atoms with Crippen molar-refractivity contribution in [3.8, 4) is 28.7 Å². The maximum atomic E-state index is 15.1. The summed E-state index contributed by atoms with van der Waals surface area (Å²) in [6, 6.07) is 10.8. The van der Waals surface area contributed by atoms with Crippen LogP contribution < -0.4 is 4.74 Å². The van der Waals surface area contributed by atoms with E-state index in [1.165, 1.54) is 6.07 Å². The lowest BCUT2D eigenvalue weighted by atomic mass is 9.98. The maximum Gasteiger partial charge on any atom is 0.202 e. The molecule has 0 atom stereocenters. The van der Waals surface area contributed by atoms with Crippen LogP contribution in [0.5, 0.6) is 11.5 Å². The van der Waals surface area contributed by atoms with Crippen LogP contribution in [0.1, 0.15) is 36.5 Å². The third-order valence-electron chi connectivity index (χ3n) is 4.88. The van der Waals surface area contributed by atoms with Gasteiger partial charge >= 0.3 is 0 Å². The molecule has 0 aliphatic carbocycles. The van der Waals surface area contributed by atoms with Crippen molar-refractivity contribution in [2.24, 2.45) is 0 Å². The number of rotatable bonds is 7. The van der Waals surface area contributed by atoms with E-state index in [0.29, 0.717) is 6.07 Å². The molecule has 0 aliphatic heterocycles. The van der Waals surface area contributed by atoms with E-state index in [1.54, 1.807) is 24.3 Å². The molecule has 0 bridgehead atoms. The van der Waals surface area contributed by atoms with Gasteiger partial charge in [0.15, 0.2) is 17.3 Å². The quantitative estimate of drug-likeness (QED) is 0.387. The number of hydrogen-bond donors (Lipinski definition) is 0. The van der Waals surface area contributed by atoms with Gasteiger partial charge in [-0.2, -0.15) is 9.65 Å². The van der Waals surface area contributed by atoms with Crippen molar-refractivity contribution >= 4 is 0 Å². The molecule has 0 N–H and O–H groups in total.